The van der Waals surface area contributed by atoms with Crippen LogP contribution in [0.2, 0.25) is 0 Å². The molecule has 0 bridgehead atoms. The number of hydrogen-bond acceptors (Lipinski definition) is 4. The number of rotatable bonds is 6. The molecular formula is C15H24N2O2S2. The van der Waals surface area contributed by atoms with Gasteiger partial charge in [-0.05, 0) is 67.5 Å². The molecule has 1 aliphatic heterocycles. The van der Waals surface area contributed by atoms with Gasteiger partial charge < -0.3 is 5.32 Å². The van der Waals surface area contributed by atoms with Crippen LogP contribution in [0.4, 0.5) is 0 Å². The van der Waals surface area contributed by atoms with Crippen molar-refractivity contribution in [1.82, 2.24) is 10.0 Å². The molecule has 0 aliphatic carbocycles. The normalized spacial score (nSPS) is 19.1. The SMILES string of the molecule is CNCc1cc(S(=O)(=O)NCC2CCSC2)c(C)cc1C. The highest BCUT2D eigenvalue weighted by Gasteiger charge is 2.22. The van der Waals surface area contributed by atoms with Crippen LogP contribution in [0.15, 0.2) is 17.0 Å². The molecule has 1 heterocycles. The molecule has 0 radical (unpaired) electrons. The van der Waals surface area contributed by atoms with E-state index in [0.717, 1.165) is 34.6 Å². The van der Waals surface area contributed by atoms with E-state index in [1.54, 1.807) is 6.07 Å². The van der Waals surface area contributed by atoms with Crippen LogP contribution in [0.1, 0.15) is 23.1 Å². The van der Waals surface area contributed by atoms with Gasteiger partial charge in [0, 0.05) is 13.1 Å². The van der Waals surface area contributed by atoms with Crippen molar-refractivity contribution in [2.45, 2.75) is 31.7 Å². The van der Waals surface area contributed by atoms with E-state index in [0.29, 0.717) is 23.9 Å². The molecule has 118 valence electrons. The van der Waals surface area contributed by atoms with Crippen molar-refractivity contribution in [2.24, 2.45) is 5.92 Å². The Morgan fingerprint density at radius 3 is 2.67 bits per heavy atom. The lowest BCUT2D eigenvalue weighted by atomic mass is 10.1. The van der Waals surface area contributed by atoms with Crippen molar-refractivity contribution in [3.8, 4) is 0 Å². The zero-order chi connectivity index (χ0) is 15.5. The Balaban J connectivity index is 2.19. The molecule has 21 heavy (non-hydrogen) atoms. The van der Waals surface area contributed by atoms with Crippen LogP contribution < -0.4 is 10.0 Å². The maximum absolute atomic E-state index is 12.5. The van der Waals surface area contributed by atoms with Crippen molar-refractivity contribution >= 4 is 21.8 Å². The Labute approximate surface area is 132 Å². The predicted octanol–water partition coefficient (Wildman–Crippen LogP) is 2.05. The smallest absolute Gasteiger partial charge is 0.240 e. The summed E-state index contributed by atoms with van der Waals surface area (Å²) in [6, 6.07) is 3.75. The molecule has 2 N–H and O–H groups in total. The minimum Gasteiger partial charge on any atom is -0.316 e. The largest absolute Gasteiger partial charge is 0.316 e. The molecule has 1 aromatic rings. The number of hydrogen-bond donors (Lipinski definition) is 2. The molecule has 0 amide bonds. The van der Waals surface area contributed by atoms with Gasteiger partial charge in [-0.1, -0.05) is 6.07 Å². The summed E-state index contributed by atoms with van der Waals surface area (Å²) in [4.78, 5) is 0.406. The summed E-state index contributed by atoms with van der Waals surface area (Å²) in [7, 11) is -1.56. The number of sulfonamides is 1. The van der Waals surface area contributed by atoms with Crippen LogP contribution in [0, 0.1) is 19.8 Å². The van der Waals surface area contributed by atoms with Gasteiger partial charge in [0.25, 0.3) is 0 Å². The fraction of sp³-hybridized carbons (Fsp3) is 0.600. The first kappa shape index (κ1) is 16.8. The van der Waals surface area contributed by atoms with E-state index in [-0.39, 0.29) is 0 Å². The third kappa shape index (κ3) is 4.22. The van der Waals surface area contributed by atoms with Crippen molar-refractivity contribution in [3.05, 3.63) is 28.8 Å². The van der Waals surface area contributed by atoms with E-state index in [9.17, 15) is 8.42 Å². The monoisotopic (exact) mass is 328 g/mol. The highest BCUT2D eigenvalue weighted by atomic mass is 32.2. The first-order valence-electron chi connectivity index (χ1n) is 7.26. The van der Waals surface area contributed by atoms with E-state index in [1.165, 1.54) is 0 Å². The molecule has 1 aromatic carbocycles. The molecule has 1 saturated heterocycles. The predicted molar refractivity (Wildman–Crippen MR) is 89.3 cm³/mol. The molecule has 0 aromatic heterocycles. The van der Waals surface area contributed by atoms with Crippen LogP contribution in [-0.2, 0) is 16.6 Å². The summed E-state index contributed by atoms with van der Waals surface area (Å²) < 4.78 is 27.9. The molecule has 1 aliphatic rings. The van der Waals surface area contributed by atoms with Gasteiger partial charge in [0.15, 0.2) is 0 Å². The average Bonchev–Trinajstić information content (AvgIpc) is 2.93. The third-order valence-corrected chi connectivity index (χ3v) is 6.67. The average molecular weight is 329 g/mol. The summed E-state index contributed by atoms with van der Waals surface area (Å²) in [5.41, 5.74) is 2.95. The van der Waals surface area contributed by atoms with E-state index >= 15 is 0 Å². The first-order chi connectivity index (χ1) is 9.94. The molecule has 1 unspecified atom stereocenters. The Hall–Kier alpha value is -0.560. The van der Waals surface area contributed by atoms with Crippen molar-refractivity contribution in [3.63, 3.8) is 0 Å². The summed E-state index contributed by atoms with van der Waals surface area (Å²) in [6.45, 7) is 5.09. The topological polar surface area (TPSA) is 58.2 Å². The third-order valence-electron chi connectivity index (χ3n) is 3.88. The summed E-state index contributed by atoms with van der Waals surface area (Å²) in [5.74, 6) is 2.66. The number of thioether (sulfide) groups is 1. The number of aryl methyl sites for hydroxylation is 2. The second-order valence-electron chi connectivity index (χ2n) is 5.66. The van der Waals surface area contributed by atoms with Gasteiger partial charge in [0.2, 0.25) is 10.0 Å². The van der Waals surface area contributed by atoms with Gasteiger partial charge >= 0.3 is 0 Å². The number of benzene rings is 1. The van der Waals surface area contributed by atoms with Crippen LogP contribution in [-0.4, -0.2) is 33.5 Å². The number of nitrogens with one attached hydrogen (secondary N) is 2. The molecule has 4 nitrogen and oxygen atoms in total. The van der Waals surface area contributed by atoms with E-state index < -0.39 is 10.0 Å². The fourth-order valence-corrected chi connectivity index (χ4v) is 5.27. The molecule has 1 fully saturated rings. The highest BCUT2D eigenvalue weighted by Crippen LogP contribution is 2.24. The lowest BCUT2D eigenvalue weighted by Gasteiger charge is -2.15. The van der Waals surface area contributed by atoms with E-state index in [2.05, 4.69) is 10.0 Å². The minimum atomic E-state index is -3.42. The second-order valence-corrected chi connectivity index (χ2v) is 8.54. The molecule has 2 rings (SSSR count). The summed E-state index contributed by atoms with van der Waals surface area (Å²) >= 11 is 1.90. The van der Waals surface area contributed by atoms with E-state index in [1.807, 2.05) is 38.7 Å². The van der Waals surface area contributed by atoms with Gasteiger partial charge in [-0.2, -0.15) is 11.8 Å². The summed E-state index contributed by atoms with van der Waals surface area (Å²) in [5, 5.41) is 3.08. The molecular weight excluding hydrogens is 304 g/mol. The van der Waals surface area contributed by atoms with Crippen molar-refractivity contribution in [2.75, 3.05) is 25.1 Å². The van der Waals surface area contributed by atoms with Gasteiger partial charge in [-0.25, -0.2) is 13.1 Å². The van der Waals surface area contributed by atoms with Gasteiger partial charge in [-0.3, -0.25) is 0 Å². The van der Waals surface area contributed by atoms with Gasteiger partial charge in [0.05, 0.1) is 4.90 Å². The zero-order valence-corrected chi connectivity index (χ0v) is 14.5. The minimum absolute atomic E-state index is 0.406. The van der Waals surface area contributed by atoms with Crippen LogP contribution in [0.5, 0.6) is 0 Å². The van der Waals surface area contributed by atoms with Gasteiger partial charge in [-0.15, -0.1) is 0 Å². The van der Waals surface area contributed by atoms with E-state index in [4.69, 9.17) is 0 Å². The van der Waals surface area contributed by atoms with Gasteiger partial charge in [0.1, 0.15) is 0 Å². The maximum atomic E-state index is 12.5. The standard InChI is InChI=1S/C15H24N2O2S2/c1-11-6-12(2)15(7-14(11)9-16-3)21(18,19)17-8-13-4-5-20-10-13/h6-7,13,16-17H,4-5,8-10H2,1-3H3. The molecule has 0 spiro atoms. The Kier molecular flexibility index (Phi) is 5.71. The fourth-order valence-electron chi connectivity index (χ4n) is 2.59. The molecule has 6 heteroatoms. The lowest BCUT2D eigenvalue weighted by molar-refractivity contribution is 0.545. The second kappa shape index (κ2) is 7.13. The van der Waals surface area contributed by atoms with Crippen LogP contribution >= 0.6 is 11.8 Å². The van der Waals surface area contributed by atoms with Crippen LogP contribution in [0.3, 0.4) is 0 Å². The summed E-state index contributed by atoms with van der Waals surface area (Å²) in [6.07, 6.45) is 1.10. The highest BCUT2D eigenvalue weighted by molar-refractivity contribution is 7.99. The van der Waals surface area contributed by atoms with Crippen LogP contribution in [0.25, 0.3) is 0 Å². The first-order valence-corrected chi connectivity index (χ1v) is 9.90. The van der Waals surface area contributed by atoms with Crippen molar-refractivity contribution in [1.29, 1.82) is 0 Å². The molecule has 0 saturated carbocycles. The lowest BCUT2D eigenvalue weighted by Crippen LogP contribution is -2.30. The zero-order valence-electron chi connectivity index (χ0n) is 12.9. The Morgan fingerprint density at radius 2 is 2.05 bits per heavy atom. The maximum Gasteiger partial charge on any atom is 0.240 e. The van der Waals surface area contributed by atoms with Crippen molar-refractivity contribution < 1.29 is 8.42 Å². The quantitative estimate of drug-likeness (QED) is 0.839. The Bertz CT molecular complexity index is 594. The Morgan fingerprint density at radius 1 is 1.29 bits per heavy atom. The molecule has 1 atom stereocenters.